The van der Waals surface area contributed by atoms with E-state index >= 15 is 0 Å². The summed E-state index contributed by atoms with van der Waals surface area (Å²) >= 11 is 0. The Balaban J connectivity index is 1.90. The molecule has 25 heavy (non-hydrogen) atoms. The summed E-state index contributed by atoms with van der Waals surface area (Å²) in [6.07, 6.45) is 1.83. The molecule has 0 aliphatic carbocycles. The quantitative estimate of drug-likeness (QED) is 0.564. The standard InChI is InChI=1S/C18H32N6O/c1-5-19-18(21-13-15(2)24-8-10-25-11-9-24)22-14-16-6-7-20-17(12-16)23(3)4/h6-7,12,15H,5,8-11,13-14H2,1-4H3,(H2,19,21,22). The Bertz CT molecular complexity index is 542. The Labute approximate surface area is 151 Å². The summed E-state index contributed by atoms with van der Waals surface area (Å²) in [6.45, 7) is 10.3. The van der Waals surface area contributed by atoms with Crippen LogP contribution in [0.1, 0.15) is 19.4 Å². The van der Waals surface area contributed by atoms with Gasteiger partial charge in [-0.3, -0.25) is 4.90 Å². The van der Waals surface area contributed by atoms with Crippen molar-refractivity contribution in [3.63, 3.8) is 0 Å². The molecule has 0 spiro atoms. The van der Waals surface area contributed by atoms with Crippen molar-refractivity contribution in [2.75, 3.05) is 58.4 Å². The number of rotatable bonds is 7. The molecule has 7 nitrogen and oxygen atoms in total. The SMILES string of the molecule is CCNC(=NCc1ccnc(N(C)C)c1)NCC(C)N1CCOCC1. The van der Waals surface area contributed by atoms with Crippen molar-refractivity contribution in [1.82, 2.24) is 20.5 Å². The van der Waals surface area contributed by atoms with Crippen LogP contribution in [0.4, 0.5) is 5.82 Å². The van der Waals surface area contributed by atoms with Crippen LogP contribution in [-0.4, -0.2) is 75.4 Å². The van der Waals surface area contributed by atoms with Gasteiger partial charge in [0.25, 0.3) is 0 Å². The third kappa shape index (κ3) is 6.51. The molecular formula is C18H32N6O. The number of aliphatic imine (C=N–C) groups is 1. The van der Waals surface area contributed by atoms with Crippen LogP contribution >= 0.6 is 0 Å². The van der Waals surface area contributed by atoms with Crippen molar-refractivity contribution in [2.45, 2.75) is 26.4 Å². The molecule has 1 aromatic rings. The Morgan fingerprint density at radius 1 is 1.36 bits per heavy atom. The number of guanidine groups is 1. The maximum absolute atomic E-state index is 5.42. The van der Waals surface area contributed by atoms with Gasteiger partial charge in [-0.1, -0.05) is 0 Å². The zero-order chi connectivity index (χ0) is 18.1. The van der Waals surface area contributed by atoms with Crippen molar-refractivity contribution >= 4 is 11.8 Å². The third-order valence-electron chi connectivity index (χ3n) is 4.27. The van der Waals surface area contributed by atoms with E-state index in [1.807, 2.05) is 31.3 Å². The van der Waals surface area contributed by atoms with Crippen molar-refractivity contribution in [2.24, 2.45) is 4.99 Å². The van der Waals surface area contributed by atoms with Gasteiger partial charge >= 0.3 is 0 Å². The summed E-state index contributed by atoms with van der Waals surface area (Å²) in [5.41, 5.74) is 1.15. The fraction of sp³-hybridized carbons (Fsp3) is 0.667. The van der Waals surface area contributed by atoms with Crippen LogP contribution in [0.25, 0.3) is 0 Å². The lowest BCUT2D eigenvalue weighted by molar-refractivity contribution is 0.0211. The van der Waals surface area contributed by atoms with Crippen LogP contribution in [0.2, 0.25) is 0 Å². The largest absolute Gasteiger partial charge is 0.379 e. The number of nitrogens with zero attached hydrogens (tertiary/aromatic N) is 4. The molecule has 140 valence electrons. The van der Waals surface area contributed by atoms with Gasteiger partial charge < -0.3 is 20.3 Å². The lowest BCUT2D eigenvalue weighted by atomic mass is 10.2. The van der Waals surface area contributed by atoms with Crippen molar-refractivity contribution in [3.05, 3.63) is 23.9 Å². The molecule has 1 unspecified atom stereocenters. The molecule has 7 heteroatoms. The van der Waals surface area contributed by atoms with Gasteiger partial charge in [0, 0.05) is 52.5 Å². The van der Waals surface area contributed by atoms with E-state index in [0.29, 0.717) is 12.6 Å². The first-order valence-corrected chi connectivity index (χ1v) is 9.06. The van der Waals surface area contributed by atoms with E-state index in [0.717, 1.165) is 56.7 Å². The first kappa shape index (κ1) is 19.5. The Hall–Kier alpha value is -1.86. The number of ether oxygens (including phenoxy) is 1. The van der Waals surface area contributed by atoms with E-state index in [9.17, 15) is 0 Å². The third-order valence-corrected chi connectivity index (χ3v) is 4.27. The van der Waals surface area contributed by atoms with Gasteiger partial charge in [-0.2, -0.15) is 0 Å². The number of anilines is 1. The van der Waals surface area contributed by atoms with Crippen molar-refractivity contribution < 1.29 is 4.74 Å². The van der Waals surface area contributed by atoms with Crippen LogP contribution in [0.15, 0.2) is 23.3 Å². The highest BCUT2D eigenvalue weighted by Crippen LogP contribution is 2.10. The van der Waals surface area contributed by atoms with E-state index in [1.54, 1.807) is 0 Å². The molecular weight excluding hydrogens is 316 g/mol. The Kier molecular flexibility index (Phi) is 7.94. The van der Waals surface area contributed by atoms with Gasteiger partial charge in [0.15, 0.2) is 5.96 Å². The fourth-order valence-electron chi connectivity index (χ4n) is 2.71. The van der Waals surface area contributed by atoms with Crippen LogP contribution in [0, 0.1) is 0 Å². The first-order valence-electron chi connectivity index (χ1n) is 9.06. The molecule has 2 rings (SSSR count). The predicted octanol–water partition coefficient (Wildman–Crippen LogP) is 0.923. The number of hydrogen-bond donors (Lipinski definition) is 2. The predicted molar refractivity (Wildman–Crippen MR) is 103 cm³/mol. The van der Waals surface area contributed by atoms with Gasteiger partial charge in [-0.15, -0.1) is 0 Å². The summed E-state index contributed by atoms with van der Waals surface area (Å²) in [6, 6.07) is 4.54. The highest BCUT2D eigenvalue weighted by molar-refractivity contribution is 5.79. The second-order valence-corrected chi connectivity index (χ2v) is 6.49. The van der Waals surface area contributed by atoms with E-state index in [2.05, 4.69) is 40.4 Å². The van der Waals surface area contributed by atoms with Gasteiger partial charge in [0.1, 0.15) is 5.82 Å². The molecule has 1 aliphatic rings. The fourth-order valence-corrected chi connectivity index (χ4v) is 2.71. The lowest BCUT2D eigenvalue weighted by Crippen LogP contribution is -2.49. The molecule has 0 amide bonds. The molecule has 2 heterocycles. The second kappa shape index (κ2) is 10.2. The minimum Gasteiger partial charge on any atom is -0.379 e. The molecule has 1 atom stereocenters. The molecule has 1 saturated heterocycles. The summed E-state index contributed by atoms with van der Waals surface area (Å²) in [5.74, 6) is 1.80. The average molecular weight is 348 g/mol. The van der Waals surface area contributed by atoms with Crippen molar-refractivity contribution in [1.29, 1.82) is 0 Å². The number of nitrogens with one attached hydrogen (secondary N) is 2. The van der Waals surface area contributed by atoms with Gasteiger partial charge in [-0.05, 0) is 31.5 Å². The minimum atomic E-state index is 0.453. The number of morpholine rings is 1. The summed E-state index contributed by atoms with van der Waals surface area (Å²) in [5, 5.41) is 6.77. The molecule has 0 radical (unpaired) electrons. The molecule has 2 N–H and O–H groups in total. The highest BCUT2D eigenvalue weighted by atomic mass is 16.5. The van der Waals surface area contributed by atoms with Crippen LogP contribution in [0.5, 0.6) is 0 Å². The zero-order valence-electron chi connectivity index (χ0n) is 16.0. The number of aromatic nitrogens is 1. The van der Waals surface area contributed by atoms with Gasteiger partial charge in [-0.25, -0.2) is 9.98 Å². The van der Waals surface area contributed by atoms with E-state index in [4.69, 9.17) is 9.73 Å². The van der Waals surface area contributed by atoms with E-state index < -0.39 is 0 Å². The summed E-state index contributed by atoms with van der Waals surface area (Å²) in [4.78, 5) is 13.5. The highest BCUT2D eigenvalue weighted by Gasteiger charge is 2.16. The number of hydrogen-bond acceptors (Lipinski definition) is 5. The van der Waals surface area contributed by atoms with E-state index in [1.165, 1.54) is 0 Å². The van der Waals surface area contributed by atoms with Gasteiger partial charge in [0.05, 0.1) is 19.8 Å². The Morgan fingerprint density at radius 2 is 2.12 bits per heavy atom. The smallest absolute Gasteiger partial charge is 0.191 e. The zero-order valence-corrected chi connectivity index (χ0v) is 16.0. The molecule has 0 saturated carbocycles. The lowest BCUT2D eigenvalue weighted by Gasteiger charge is -2.32. The topological polar surface area (TPSA) is 65.0 Å². The average Bonchev–Trinajstić information content (AvgIpc) is 2.64. The second-order valence-electron chi connectivity index (χ2n) is 6.49. The molecule has 0 aromatic carbocycles. The minimum absolute atomic E-state index is 0.453. The normalized spacial score (nSPS) is 17.2. The van der Waals surface area contributed by atoms with Gasteiger partial charge in [0.2, 0.25) is 0 Å². The molecule has 1 fully saturated rings. The first-order chi connectivity index (χ1) is 12.1. The molecule has 1 aromatic heterocycles. The van der Waals surface area contributed by atoms with Crippen molar-refractivity contribution in [3.8, 4) is 0 Å². The van der Waals surface area contributed by atoms with Crippen LogP contribution in [0.3, 0.4) is 0 Å². The molecule has 0 bridgehead atoms. The Morgan fingerprint density at radius 3 is 2.80 bits per heavy atom. The van der Waals surface area contributed by atoms with E-state index in [-0.39, 0.29) is 0 Å². The number of pyridine rings is 1. The summed E-state index contributed by atoms with van der Waals surface area (Å²) in [7, 11) is 3.99. The van der Waals surface area contributed by atoms with Crippen LogP contribution < -0.4 is 15.5 Å². The summed E-state index contributed by atoms with van der Waals surface area (Å²) < 4.78 is 5.42. The van der Waals surface area contributed by atoms with Crippen LogP contribution in [-0.2, 0) is 11.3 Å². The maximum atomic E-state index is 5.42. The monoisotopic (exact) mass is 348 g/mol. The maximum Gasteiger partial charge on any atom is 0.191 e. The molecule has 1 aliphatic heterocycles.